The third-order valence-electron chi connectivity index (χ3n) is 3.17. The van der Waals surface area contributed by atoms with E-state index in [0.29, 0.717) is 12.5 Å². The Hall–Kier alpha value is -0.900. The molecule has 0 heterocycles. The third-order valence-corrected chi connectivity index (χ3v) is 5.78. The van der Waals surface area contributed by atoms with Crippen LogP contribution in [0.25, 0.3) is 0 Å². The molecule has 132 valence electrons. The number of rotatable bonds is 5. The largest absolute Gasteiger partial charge is 0.355 e. The summed E-state index contributed by atoms with van der Waals surface area (Å²) in [6.07, 6.45) is 0. The zero-order chi connectivity index (χ0) is 16.8. The summed E-state index contributed by atoms with van der Waals surface area (Å²) < 4.78 is 36.3. The number of hydrogen-bond donors (Lipinski definition) is 2. The van der Waals surface area contributed by atoms with Crippen molar-refractivity contribution in [3.63, 3.8) is 0 Å². The molecule has 0 aliphatic carbocycles. The van der Waals surface area contributed by atoms with Crippen LogP contribution in [-0.2, 0) is 16.4 Å². The fraction of sp³-hybridized carbons (Fsp3) is 0.533. The third kappa shape index (κ3) is 7.47. The van der Waals surface area contributed by atoms with Gasteiger partial charge in [0.1, 0.15) is 5.82 Å². The number of nitrogens with one attached hydrogen (secondary N) is 2. The van der Waals surface area contributed by atoms with Crippen LogP contribution in [0.1, 0.15) is 26.3 Å². The zero-order valence-corrected chi connectivity index (χ0v) is 17.0. The van der Waals surface area contributed by atoms with Crippen LogP contribution in [0.4, 0.5) is 4.39 Å². The van der Waals surface area contributed by atoms with Gasteiger partial charge in [-0.15, -0.1) is 24.0 Å². The SMILES string of the molecule is CN=C(NCCS(=O)(=O)C(C)(C)C)NCc1cccc(F)c1.I. The molecule has 0 atom stereocenters. The second kappa shape index (κ2) is 9.41. The fourth-order valence-electron chi connectivity index (χ4n) is 1.66. The maximum atomic E-state index is 13.1. The van der Waals surface area contributed by atoms with Gasteiger partial charge in [0.25, 0.3) is 0 Å². The van der Waals surface area contributed by atoms with Crippen molar-refractivity contribution in [2.24, 2.45) is 4.99 Å². The molecule has 23 heavy (non-hydrogen) atoms. The minimum atomic E-state index is -3.17. The predicted molar refractivity (Wildman–Crippen MR) is 104 cm³/mol. The second-order valence-electron chi connectivity index (χ2n) is 5.91. The zero-order valence-electron chi connectivity index (χ0n) is 13.9. The summed E-state index contributed by atoms with van der Waals surface area (Å²) in [4.78, 5) is 4.01. The number of aliphatic imine (C=N–C) groups is 1. The smallest absolute Gasteiger partial charge is 0.191 e. The molecule has 0 saturated heterocycles. The van der Waals surface area contributed by atoms with E-state index in [1.165, 1.54) is 12.1 Å². The van der Waals surface area contributed by atoms with E-state index >= 15 is 0 Å². The fourth-order valence-corrected chi connectivity index (χ4v) is 2.65. The molecule has 5 nitrogen and oxygen atoms in total. The highest BCUT2D eigenvalue weighted by Gasteiger charge is 2.28. The number of halogens is 2. The molecule has 0 spiro atoms. The van der Waals surface area contributed by atoms with E-state index < -0.39 is 14.6 Å². The molecule has 0 amide bonds. The van der Waals surface area contributed by atoms with Crippen LogP contribution in [0, 0.1) is 5.82 Å². The summed E-state index contributed by atoms with van der Waals surface area (Å²) in [5.74, 6) is 0.212. The molecular formula is C15H25FIN3O2S. The van der Waals surface area contributed by atoms with Crippen molar-refractivity contribution in [1.82, 2.24) is 10.6 Å². The lowest BCUT2D eigenvalue weighted by Gasteiger charge is -2.19. The van der Waals surface area contributed by atoms with Crippen LogP contribution in [0.5, 0.6) is 0 Å². The number of benzene rings is 1. The van der Waals surface area contributed by atoms with E-state index in [1.54, 1.807) is 40.0 Å². The standard InChI is InChI=1S/C15H24FN3O2S.HI/c1-15(2,3)22(20,21)9-8-18-14(17-4)19-11-12-6-5-7-13(16)10-12;/h5-7,10H,8-9,11H2,1-4H3,(H2,17,18,19);1H. The highest BCUT2D eigenvalue weighted by Crippen LogP contribution is 2.15. The van der Waals surface area contributed by atoms with Gasteiger partial charge in [0, 0.05) is 20.1 Å². The maximum absolute atomic E-state index is 13.1. The summed E-state index contributed by atoms with van der Waals surface area (Å²) in [5.41, 5.74) is 0.783. The normalized spacial score (nSPS) is 12.5. The molecule has 0 aliphatic rings. The lowest BCUT2D eigenvalue weighted by atomic mass is 10.2. The van der Waals surface area contributed by atoms with Gasteiger partial charge in [-0.1, -0.05) is 12.1 Å². The Morgan fingerprint density at radius 3 is 2.43 bits per heavy atom. The van der Waals surface area contributed by atoms with Crippen LogP contribution < -0.4 is 10.6 Å². The van der Waals surface area contributed by atoms with E-state index in [0.717, 1.165) is 5.56 Å². The summed E-state index contributed by atoms with van der Waals surface area (Å²) in [7, 11) is -1.57. The predicted octanol–water partition coefficient (Wildman–Crippen LogP) is 2.32. The average molecular weight is 457 g/mol. The minimum absolute atomic E-state index is 0. The topological polar surface area (TPSA) is 70.6 Å². The van der Waals surface area contributed by atoms with Gasteiger partial charge in [-0.25, -0.2) is 12.8 Å². The average Bonchev–Trinajstić information content (AvgIpc) is 2.41. The molecule has 0 aliphatic heterocycles. The number of hydrogen-bond acceptors (Lipinski definition) is 3. The molecule has 1 aromatic rings. The molecule has 8 heteroatoms. The molecular weight excluding hydrogens is 432 g/mol. The van der Waals surface area contributed by atoms with Crippen molar-refractivity contribution < 1.29 is 12.8 Å². The molecule has 2 N–H and O–H groups in total. The Morgan fingerprint density at radius 2 is 1.91 bits per heavy atom. The van der Waals surface area contributed by atoms with E-state index in [1.807, 2.05) is 0 Å². The summed E-state index contributed by atoms with van der Waals surface area (Å²) >= 11 is 0. The van der Waals surface area contributed by atoms with Crippen LogP contribution >= 0.6 is 24.0 Å². The first kappa shape index (κ1) is 22.1. The molecule has 0 radical (unpaired) electrons. The van der Waals surface area contributed by atoms with E-state index in [-0.39, 0.29) is 42.1 Å². The van der Waals surface area contributed by atoms with Gasteiger partial charge in [0.05, 0.1) is 10.5 Å². The first-order valence-corrected chi connectivity index (χ1v) is 8.72. The number of nitrogens with zero attached hydrogens (tertiary/aromatic N) is 1. The van der Waals surface area contributed by atoms with Crippen molar-refractivity contribution in [1.29, 1.82) is 0 Å². The Morgan fingerprint density at radius 1 is 1.26 bits per heavy atom. The molecule has 0 saturated carbocycles. The summed E-state index contributed by atoms with van der Waals surface area (Å²) in [5, 5.41) is 5.96. The molecule has 1 aromatic carbocycles. The van der Waals surface area contributed by atoms with Crippen molar-refractivity contribution in [3.8, 4) is 0 Å². The van der Waals surface area contributed by atoms with Crippen molar-refractivity contribution in [3.05, 3.63) is 35.6 Å². The van der Waals surface area contributed by atoms with Crippen LogP contribution in [-0.4, -0.2) is 38.5 Å². The first-order valence-electron chi connectivity index (χ1n) is 7.07. The summed E-state index contributed by atoms with van der Waals surface area (Å²) in [6.45, 7) is 5.71. The van der Waals surface area contributed by atoms with Gasteiger partial charge in [0.2, 0.25) is 0 Å². The van der Waals surface area contributed by atoms with E-state index in [4.69, 9.17) is 0 Å². The van der Waals surface area contributed by atoms with Crippen molar-refractivity contribution >= 4 is 39.8 Å². The quantitative estimate of drug-likeness (QED) is 0.405. The number of sulfone groups is 1. The minimum Gasteiger partial charge on any atom is -0.355 e. The lowest BCUT2D eigenvalue weighted by Crippen LogP contribution is -2.41. The highest BCUT2D eigenvalue weighted by atomic mass is 127. The van der Waals surface area contributed by atoms with Crippen molar-refractivity contribution in [2.45, 2.75) is 32.1 Å². The summed E-state index contributed by atoms with van der Waals surface area (Å²) in [6, 6.07) is 6.25. The Labute approximate surface area is 155 Å². The van der Waals surface area contributed by atoms with Gasteiger partial charge in [-0.05, 0) is 38.5 Å². The molecule has 0 fully saturated rings. The first-order chi connectivity index (χ1) is 10.2. The second-order valence-corrected chi connectivity index (χ2v) is 8.78. The van der Waals surface area contributed by atoms with Crippen LogP contribution in [0.2, 0.25) is 0 Å². The Kier molecular flexibility index (Phi) is 9.04. The van der Waals surface area contributed by atoms with Crippen LogP contribution in [0.15, 0.2) is 29.3 Å². The van der Waals surface area contributed by atoms with E-state index in [2.05, 4.69) is 15.6 Å². The van der Waals surface area contributed by atoms with Gasteiger partial charge in [0.15, 0.2) is 15.8 Å². The van der Waals surface area contributed by atoms with Crippen LogP contribution in [0.3, 0.4) is 0 Å². The molecule has 0 bridgehead atoms. The van der Waals surface area contributed by atoms with Crippen molar-refractivity contribution in [2.75, 3.05) is 19.3 Å². The van der Waals surface area contributed by atoms with E-state index in [9.17, 15) is 12.8 Å². The molecule has 0 aromatic heterocycles. The lowest BCUT2D eigenvalue weighted by molar-refractivity contribution is 0.559. The van der Waals surface area contributed by atoms with Gasteiger partial charge >= 0.3 is 0 Å². The number of guanidine groups is 1. The highest BCUT2D eigenvalue weighted by molar-refractivity contribution is 14.0. The molecule has 0 unspecified atom stereocenters. The van der Waals surface area contributed by atoms with Gasteiger partial charge in [-0.2, -0.15) is 0 Å². The molecule has 1 rings (SSSR count). The maximum Gasteiger partial charge on any atom is 0.191 e. The monoisotopic (exact) mass is 457 g/mol. The Bertz CT molecular complexity index is 628. The Balaban J connectivity index is 0.00000484. The van der Waals surface area contributed by atoms with Gasteiger partial charge in [-0.3, -0.25) is 4.99 Å². The van der Waals surface area contributed by atoms with Gasteiger partial charge < -0.3 is 10.6 Å².